The summed E-state index contributed by atoms with van der Waals surface area (Å²) >= 11 is 0. The van der Waals surface area contributed by atoms with E-state index in [1.807, 2.05) is 6.07 Å². The van der Waals surface area contributed by atoms with Gasteiger partial charge >= 0.3 is 5.97 Å². The van der Waals surface area contributed by atoms with E-state index < -0.39 is 5.97 Å². The predicted molar refractivity (Wildman–Crippen MR) is 80.5 cm³/mol. The maximum Gasteiger partial charge on any atom is 0.303 e. The molecular formula is C17H25NO2. The largest absolute Gasteiger partial charge is 0.481 e. The zero-order valence-electron chi connectivity index (χ0n) is 12.1. The van der Waals surface area contributed by atoms with Crippen molar-refractivity contribution in [1.82, 2.24) is 4.90 Å². The first-order chi connectivity index (χ1) is 9.74. The van der Waals surface area contributed by atoms with Crippen LogP contribution in [0.2, 0.25) is 0 Å². The van der Waals surface area contributed by atoms with Crippen LogP contribution in [0.1, 0.15) is 44.1 Å². The Hall–Kier alpha value is -1.35. The Morgan fingerprint density at radius 2 is 1.95 bits per heavy atom. The molecule has 0 aliphatic heterocycles. The molecule has 0 aromatic heterocycles. The number of nitrogens with zero attached hydrogens (tertiary/aromatic N) is 1. The summed E-state index contributed by atoms with van der Waals surface area (Å²) in [5.41, 5.74) is 1.35. The van der Waals surface area contributed by atoms with Gasteiger partial charge in [0, 0.05) is 19.5 Å². The number of hydrogen-bond donors (Lipinski definition) is 1. The van der Waals surface area contributed by atoms with Crippen molar-refractivity contribution in [3.63, 3.8) is 0 Å². The number of carboxylic acids is 1. The van der Waals surface area contributed by atoms with E-state index in [0.29, 0.717) is 6.42 Å². The molecular weight excluding hydrogens is 250 g/mol. The van der Waals surface area contributed by atoms with Gasteiger partial charge in [0.15, 0.2) is 0 Å². The molecule has 0 bridgehead atoms. The molecule has 1 aliphatic carbocycles. The lowest BCUT2D eigenvalue weighted by molar-refractivity contribution is -0.137. The molecule has 0 unspecified atom stereocenters. The highest BCUT2D eigenvalue weighted by molar-refractivity contribution is 5.66. The van der Waals surface area contributed by atoms with Crippen LogP contribution in [0.25, 0.3) is 0 Å². The summed E-state index contributed by atoms with van der Waals surface area (Å²) < 4.78 is 0. The molecule has 20 heavy (non-hydrogen) atoms. The Balaban J connectivity index is 1.78. The monoisotopic (exact) mass is 275 g/mol. The lowest BCUT2D eigenvalue weighted by Gasteiger charge is -2.32. The molecule has 3 nitrogen and oxygen atoms in total. The van der Waals surface area contributed by atoms with Gasteiger partial charge in [-0.3, -0.25) is 9.69 Å². The average Bonchev–Trinajstić information content (AvgIpc) is 2.39. The minimum Gasteiger partial charge on any atom is -0.481 e. The van der Waals surface area contributed by atoms with Gasteiger partial charge in [-0.2, -0.15) is 0 Å². The highest BCUT2D eigenvalue weighted by atomic mass is 16.4. The standard InChI is InChI=1S/C17H25NO2/c19-17(20)11-4-5-12-18(14-16-9-6-10-16)13-15-7-2-1-3-8-15/h1-3,7-8,16H,4-6,9-14H2,(H,19,20). The first-order valence-corrected chi connectivity index (χ1v) is 7.72. The first kappa shape index (κ1) is 15.0. The van der Waals surface area contributed by atoms with Crippen molar-refractivity contribution < 1.29 is 9.90 Å². The fraction of sp³-hybridized carbons (Fsp3) is 0.588. The number of unbranched alkanes of at least 4 members (excludes halogenated alkanes) is 1. The van der Waals surface area contributed by atoms with E-state index >= 15 is 0 Å². The van der Waals surface area contributed by atoms with Gasteiger partial charge in [-0.15, -0.1) is 0 Å². The van der Waals surface area contributed by atoms with Crippen LogP contribution >= 0.6 is 0 Å². The molecule has 0 atom stereocenters. The first-order valence-electron chi connectivity index (χ1n) is 7.72. The molecule has 1 saturated carbocycles. The molecule has 1 fully saturated rings. The smallest absolute Gasteiger partial charge is 0.303 e. The van der Waals surface area contributed by atoms with E-state index in [4.69, 9.17) is 5.11 Å². The van der Waals surface area contributed by atoms with Gasteiger partial charge in [0.2, 0.25) is 0 Å². The van der Waals surface area contributed by atoms with E-state index in [0.717, 1.165) is 31.8 Å². The van der Waals surface area contributed by atoms with Crippen LogP contribution in [0.4, 0.5) is 0 Å². The van der Waals surface area contributed by atoms with Crippen molar-refractivity contribution >= 4 is 5.97 Å². The normalized spacial score (nSPS) is 15.2. The molecule has 0 spiro atoms. The third-order valence-electron chi connectivity index (χ3n) is 4.11. The summed E-state index contributed by atoms with van der Waals surface area (Å²) in [6.45, 7) is 3.17. The van der Waals surface area contributed by atoms with Crippen molar-refractivity contribution in [2.75, 3.05) is 13.1 Å². The van der Waals surface area contributed by atoms with Gasteiger partial charge in [-0.1, -0.05) is 36.8 Å². The topological polar surface area (TPSA) is 40.5 Å². The molecule has 3 heteroatoms. The van der Waals surface area contributed by atoms with E-state index in [-0.39, 0.29) is 0 Å². The lowest BCUT2D eigenvalue weighted by Crippen LogP contribution is -2.33. The Bertz CT molecular complexity index is 401. The summed E-state index contributed by atoms with van der Waals surface area (Å²) in [5.74, 6) is 0.178. The molecule has 0 amide bonds. The zero-order chi connectivity index (χ0) is 14.2. The molecule has 1 aromatic rings. The lowest BCUT2D eigenvalue weighted by atomic mass is 9.85. The SMILES string of the molecule is O=C(O)CCCCN(Cc1ccccc1)CC1CCC1. The van der Waals surface area contributed by atoms with E-state index in [9.17, 15) is 4.79 Å². The van der Waals surface area contributed by atoms with Crippen molar-refractivity contribution in [2.45, 2.75) is 45.1 Å². The summed E-state index contributed by atoms with van der Waals surface area (Å²) in [7, 11) is 0. The summed E-state index contributed by atoms with van der Waals surface area (Å²) in [6, 6.07) is 10.6. The Morgan fingerprint density at radius 3 is 2.55 bits per heavy atom. The molecule has 2 rings (SSSR count). The third kappa shape index (κ3) is 5.33. The van der Waals surface area contributed by atoms with Gasteiger partial charge < -0.3 is 5.11 Å². The molecule has 0 radical (unpaired) electrons. The number of carbonyl (C=O) groups is 1. The van der Waals surface area contributed by atoms with Crippen LogP contribution in [-0.2, 0) is 11.3 Å². The van der Waals surface area contributed by atoms with Gasteiger partial charge in [-0.05, 0) is 43.7 Å². The minimum absolute atomic E-state index is 0.294. The maximum absolute atomic E-state index is 10.6. The predicted octanol–water partition coefficient (Wildman–Crippen LogP) is 3.54. The minimum atomic E-state index is -0.682. The summed E-state index contributed by atoms with van der Waals surface area (Å²) in [5, 5.41) is 8.69. The average molecular weight is 275 g/mol. The van der Waals surface area contributed by atoms with Crippen molar-refractivity contribution in [3.05, 3.63) is 35.9 Å². The number of aliphatic carboxylic acids is 1. The Labute approximate surface area is 121 Å². The van der Waals surface area contributed by atoms with Crippen LogP contribution in [0, 0.1) is 5.92 Å². The molecule has 0 heterocycles. The van der Waals surface area contributed by atoms with Crippen LogP contribution in [0.5, 0.6) is 0 Å². The Morgan fingerprint density at radius 1 is 1.20 bits per heavy atom. The highest BCUT2D eigenvalue weighted by Gasteiger charge is 2.20. The van der Waals surface area contributed by atoms with Gasteiger partial charge in [0.1, 0.15) is 0 Å². The second-order valence-electron chi connectivity index (χ2n) is 5.87. The van der Waals surface area contributed by atoms with Gasteiger partial charge in [0.05, 0.1) is 0 Å². The summed E-state index contributed by atoms with van der Waals surface area (Å²) in [4.78, 5) is 13.1. The Kier molecular flexibility index (Phi) is 6.06. The maximum atomic E-state index is 10.6. The molecule has 110 valence electrons. The van der Waals surface area contributed by atoms with Crippen molar-refractivity contribution in [2.24, 2.45) is 5.92 Å². The van der Waals surface area contributed by atoms with E-state index in [2.05, 4.69) is 29.2 Å². The third-order valence-corrected chi connectivity index (χ3v) is 4.11. The van der Waals surface area contributed by atoms with E-state index in [1.165, 1.54) is 31.4 Å². The van der Waals surface area contributed by atoms with Crippen LogP contribution < -0.4 is 0 Å². The highest BCUT2D eigenvalue weighted by Crippen LogP contribution is 2.27. The fourth-order valence-corrected chi connectivity index (χ4v) is 2.73. The number of rotatable bonds is 9. The van der Waals surface area contributed by atoms with Crippen molar-refractivity contribution in [1.29, 1.82) is 0 Å². The molecule has 0 saturated heterocycles. The number of hydrogen-bond acceptors (Lipinski definition) is 2. The quantitative estimate of drug-likeness (QED) is 0.701. The number of carboxylic acid groups (broad SMARTS) is 1. The van der Waals surface area contributed by atoms with Crippen LogP contribution in [-0.4, -0.2) is 29.1 Å². The zero-order valence-corrected chi connectivity index (χ0v) is 12.1. The summed E-state index contributed by atoms with van der Waals surface area (Å²) in [6.07, 6.45) is 6.16. The second kappa shape index (κ2) is 8.05. The number of benzene rings is 1. The van der Waals surface area contributed by atoms with Gasteiger partial charge in [-0.25, -0.2) is 0 Å². The molecule has 1 aromatic carbocycles. The van der Waals surface area contributed by atoms with Gasteiger partial charge in [0.25, 0.3) is 0 Å². The van der Waals surface area contributed by atoms with Crippen molar-refractivity contribution in [3.8, 4) is 0 Å². The van der Waals surface area contributed by atoms with E-state index in [1.54, 1.807) is 0 Å². The molecule has 1 N–H and O–H groups in total. The van der Waals surface area contributed by atoms with Crippen LogP contribution in [0.15, 0.2) is 30.3 Å². The second-order valence-corrected chi connectivity index (χ2v) is 5.87. The molecule has 1 aliphatic rings. The fourth-order valence-electron chi connectivity index (χ4n) is 2.73. The van der Waals surface area contributed by atoms with Crippen LogP contribution in [0.3, 0.4) is 0 Å².